The molecule has 1 aromatic heterocycles. The van der Waals surface area contributed by atoms with E-state index in [1.165, 1.54) is 6.07 Å². The minimum atomic E-state index is -0.298. The highest BCUT2D eigenvalue weighted by atomic mass is 35.5. The van der Waals surface area contributed by atoms with Crippen LogP contribution in [0.5, 0.6) is 0 Å². The van der Waals surface area contributed by atoms with Gasteiger partial charge in [0.1, 0.15) is 5.82 Å². The first-order valence-corrected chi connectivity index (χ1v) is 5.85. The lowest BCUT2D eigenvalue weighted by atomic mass is 10.2. The number of benzene rings is 1. The van der Waals surface area contributed by atoms with E-state index in [1.807, 2.05) is 6.92 Å². The van der Waals surface area contributed by atoms with E-state index >= 15 is 0 Å². The minimum absolute atomic E-state index is 0.298. The lowest BCUT2D eigenvalue weighted by Gasteiger charge is -2.20. The normalized spacial score (nSPS) is 10.4. The molecule has 2 aromatic rings. The number of rotatable bonds is 3. The third kappa shape index (κ3) is 2.01. The van der Waals surface area contributed by atoms with Gasteiger partial charge in [0, 0.05) is 6.54 Å². The van der Waals surface area contributed by atoms with Crippen molar-refractivity contribution in [3.63, 3.8) is 0 Å². The van der Waals surface area contributed by atoms with Gasteiger partial charge in [0.15, 0.2) is 11.0 Å². The number of nitrogens with zero attached hydrogens (tertiary/aromatic N) is 3. The van der Waals surface area contributed by atoms with Gasteiger partial charge in [0.05, 0.1) is 17.4 Å². The molecule has 6 heteroatoms. The molecule has 2 rings (SSSR count). The van der Waals surface area contributed by atoms with Crippen molar-refractivity contribution in [2.75, 3.05) is 11.4 Å². The van der Waals surface area contributed by atoms with Crippen LogP contribution in [0.25, 0.3) is 0 Å². The van der Waals surface area contributed by atoms with Gasteiger partial charge in [-0.1, -0.05) is 23.7 Å². The Morgan fingerprint density at radius 2 is 2.12 bits per heavy atom. The fourth-order valence-electron chi connectivity index (χ4n) is 1.44. The van der Waals surface area contributed by atoms with Gasteiger partial charge in [-0.05, 0) is 19.1 Å². The number of hydrogen-bond donors (Lipinski definition) is 0. The van der Waals surface area contributed by atoms with Gasteiger partial charge in [-0.3, -0.25) is 0 Å². The van der Waals surface area contributed by atoms with E-state index in [1.54, 1.807) is 23.1 Å². The van der Waals surface area contributed by atoms with E-state index in [-0.39, 0.29) is 5.82 Å². The molecule has 1 heterocycles. The molecule has 84 valence electrons. The molecule has 0 aliphatic heterocycles. The van der Waals surface area contributed by atoms with Crippen molar-refractivity contribution in [3.8, 4) is 0 Å². The minimum Gasteiger partial charge on any atom is -0.321 e. The molecule has 0 bridgehead atoms. The quantitative estimate of drug-likeness (QED) is 0.843. The summed E-state index contributed by atoms with van der Waals surface area (Å²) in [5.41, 5.74) is 0.458. The molecule has 0 unspecified atom stereocenters. The predicted molar refractivity (Wildman–Crippen MR) is 64.0 cm³/mol. The van der Waals surface area contributed by atoms with Crippen LogP contribution in [0.15, 0.2) is 24.3 Å². The number of halogens is 2. The second-order valence-electron chi connectivity index (χ2n) is 3.07. The molecular formula is C10H9ClFN3S. The van der Waals surface area contributed by atoms with E-state index in [0.717, 1.165) is 11.7 Å². The van der Waals surface area contributed by atoms with Crippen LogP contribution >= 0.6 is 23.3 Å². The van der Waals surface area contributed by atoms with E-state index < -0.39 is 0 Å². The van der Waals surface area contributed by atoms with Crippen molar-refractivity contribution >= 4 is 34.8 Å². The molecule has 0 aliphatic rings. The topological polar surface area (TPSA) is 29.0 Å². The second kappa shape index (κ2) is 4.76. The molecule has 0 fully saturated rings. The average molecular weight is 258 g/mol. The van der Waals surface area contributed by atoms with Gasteiger partial charge in [-0.2, -0.15) is 8.75 Å². The van der Waals surface area contributed by atoms with Crippen molar-refractivity contribution in [3.05, 3.63) is 35.2 Å². The second-order valence-corrected chi connectivity index (χ2v) is 3.96. The lowest BCUT2D eigenvalue weighted by molar-refractivity contribution is 0.625. The summed E-state index contributed by atoms with van der Waals surface area (Å²) in [6.45, 7) is 2.48. The summed E-state index contributed by atoms with van der Waals surface area (Å²) in [6, 6.07) is 6.52. The summed E-state index contributed by atoms with van der Waals surface area (Å²) in [4.78, 5) is 1.70. The van der Waals surface area contributed by atoms with Crippen LogP contribution in [-0.2, 0) is 0 Å². The van der Waals surface area contributed by atoms with Gasteiger partial charge >= 0.3 is 0 Å². The van der Waals surface area contributed by atoms with Crippen LogP contribution in [0.3, 0.4) is 0 Å². The van der Waals surface area contributed by atoms with Crippen LogP contribution < -0.4 is 4.90 Å². The molecule has 0 N–H and O–H groups in total. The number of anilines is 2. The third-order valence-electron chi connectivity index (χ3n) is 2.15. The van der Waals surface area contributed by atoms with Crippen molar-refractivity contribution < 1.29 is 4.39 Å². The third-order valence-corrected chi connectivity index (χ3v) is 3.02. The van der Waals surface area contributed by atoms with Crippen LogP contribution in [0, 0.1) is 5.82 Å². The van der Waals surface area contributed by atoms with E-state index in [2.05, 4.69) is 8.75 Å². The smallest absolute Gasteiger partial charge is 0.187 e. The van der Waals surface area contributed by atoms with Crippen molar-refractivity contribution in [1.82, 2.24) is 8.75 Å². The Balaban J connectivity index is 2.45. The zero-order valence-electron chi connectivity index (χ0n) is 8.52. The molecular weight excluding hydrogens is 249 g/mol. The molecule has 0 saturated carbocycles. The molecule has 3 nitrogen and oxygen atoms in total. The maximum absolute atomic E-state index is 13.6. The molecule has 0 atom stereocenters. The number of para-hydroxylation sites is 1. The average Bonchev–Trinajstić information content (AvgIpc) is 2.69. The van der Waals surface area contributed by atoms with Gasteiger partial charge in [0.25, 0.3) is 0 Å². The SMILES string of the molecule is CCN(c1ccccc1F)c1nsnc1Cl. The summed E-state index contributed by atoms with van der Waals surface area (Å²) in [6.07, 6.45) is 0. The molecule has 0 aliphatic carbocycles. The van der Waals surface area contributed by atoms with Gasteiger partial charge in [-0.15, -0.1) is 0 Å². The molecule has 0 spiro atoms. The Hall–Kier alpha value is -1.20. The Morgan fingerprint density at radius 3 is 2.69 bits per heavy atom. The van der Waals surface area contributed by atoms with Crippen LogP contribution in [0.4, 0.5) is 15.9 Å². The number of hydrogen-bond acceptors (Lipinski definition) is 4. The number of aromatic nitrogens is 2. The van der Waals surface area contributed by atoms with Crippen molar-refractivity contribution in [2.45, 2.75) is 6.92 Å². The summed E-state index contributed by atoms with van der Waals surface area (Å²) < 4.78 is 21.6. The highest BCUT2D eigenvalue weighted by Gasteiger charge is 2.17. The summed E-state index contributed by atoms with van der Waals surface area (Å²) in [5, 5.41) is 0.301. The maximum atomic E-state index is 13.6. The Morgan fingerprint density at radius 1 is 1.38 bits per heavy atom. The van der Waals surface area contributed by atoms with Gasteiger partial charge < -0.3 is 4.90 Å². The van der Waals surface area contributed by atoms with E-state index in [4.69, 9.17) is 11.6 Å². The maximum Gasteiger partial charge on any atom is 0.187 e. The molecule has 1 aromatic carbocycles. The Bertz CT molecular complexity index is 488. The van der Waals surface area contributed by atoms with Crippen LogP contribution in [-0.4, -0.2) is 15.3 Å². The highest BCUT2D eigenvalue weighted by Crippen LogP contribution is 2.31. The van der Waals surface area contributed by atoms with E-state index in [9.17, 15) is 4.39 Å². The van der Waals surface area contributed by atoms with Gasteiger partial charge in [-0.25, -0.2) is 4.39 Å². The standard InChI is InChI=1S/C10H9ClFN3S/c1-2-15(10-9(11)13-16-14-10)8-6-4-3-5-7(8)12/h3-6H,2H2,1H3. The highest BCUT2D eigenvalue weighted by molar-refractivity contribution is 6.99. The van der Waals surface area contributed by atoms with Gasteiger partial charge in [0.2, 0.25) is 0 Å². The first-order valence-electron chi connectivity index (χ1n) is 4.74. The van der Waals surface area contributed by atoms with Crippen molar-refractivity contribution in [1.29, 1.82) is 0 Å². The zero-order chi connectivity index (χ0) is 11.5. The Kier molecular flexibility index (Phi) is 3.36. The van der Waals surface area contributed by atoms with E-state index in [0.29, 0.717) is 23.2 Å². The summed E-state index contributed by atoms with van der Waals surface area (Å²) >= 11 is 6.90. The largest absolute Gasteiger partial charge is 0.321 e. The first-order chi connectivity index (χ1) is 7.74. The van der Waals surface area contributed by atoms with Crippen LogP contribution in [0.1, 0.15) is 6.92 Å². The molecule has 0 amide bonds. The van der Waals surface area contributed by atoms with Crippen LogP contribution in [0.2, 0.25) is 5.15 Å². The fourth-order valence-corrected chi connectivity index (χ4v) is 2.18. The molecule has 16 heavy (non-hydrogen) atoms. The first kappa shape index (κ1) is 11.3. The monoisotopic (exact) mass is 257 g/mol. The lowest BCUT2D eigenvalue weighted by Crippen LogP contribution is -2.18. The zero-order valence-corrected chi connectivity index (χ0v) is 10.1. The summed E-state index contributed by atoms with van der Waals surface area (Å²) in [5.74, 6) is 0.202. The molecule has 0 radical (unpaired) electrons. The predicted octanol–water partition coefficient (Wildman–Crippen LogP) is 3.49. The fraction of sp³-hybridized carbons (Fsp3) is 0.200. The summed E-state index contributed by atoms with van der Waals surface area (Å²) in [7, 11) is 0. The van der Waals surface area contributed by atoms with Crippen molar-refractivity contribution in [2.24, 2.45) is 0 Å². The molecule has 0 saturated heterocycles. The Labute approximate surface area is 102 Å².